The molecule has 0 heterocycles. The predicted molar refractivity (Wildman–Crippen MR) is 216 cm³/mol. The lowest BCUT2D eigenvalue weighted by molar-refractivity contribution is -0.161. The van der Waals surface area contributed by atoms with Gasteiger partial charge in [-0.15, -0.1) is 0 Å². The predicted octanol–water partition coefficient (Wildman–Crippen LogP) is 13.0. The van der Waals surface area contributed by atoms with E-state index in [0.717, 1.165) is 64.2 Å². The van der Waals surface area contributed by atoms with Crippen LogP contribution in [0.4, 0.5) is 0 Å². The van der Waals surface area contributed by atoms with Crippen LogP contribution in [0.3, 0.4) is 0 Å². The van der Waals surface area contributed by atoms with Crippen molar-refractivity contribution >= 4 is 19.8 Å². The highest BCUT2D eigenvalue weighted by molar-refractivity contribution is 7.46. The molecule has 0 amide bonds. The molecule has 0 bridgehead atoms. The summed E-state index contributed by atoms with van der Waals surface area (Å²) >= 11 is 0. The molecule has 0 rings (SSSR count). The third kappa shape index (κ3) is 41.0. The van der Waals surface area contributed by atoms with Crippen molar-refractivity contribution < 1.29 is 37.9 Å². The molecule has 0 aromatic heterocycles. The van der Waals surface area contributed by atoms with Gasteiger partial charge in [-0.25, -0.2) is 4.57 Å². The standard InChI is InChI=1S/C43H79O8P/c1-3-5-7-9-11-13-15-17-19-21-23-25-27-29-31-33-35-37-42(44)49-39-41(40-50-52(46,47)48)51-43(45)38-36-34-32-30-28-26-24-22-20-18-16-14-12-10-8-6-4-2/h6,8,12,14,18,20,41H,3-5,7,9-11,13,15-17,19,21-40H2,1-2H3,(H2,46,47,48)/b8-6-,14-12-,20-18-. The number of hydrogen-bond acceptors (Lipinski definition) is 6. The number of allylic oxidation sites excluding steroid dienone is 6. The van der Waals surface area contributed by atoms with Crippen molar-refractivity contribution in [2.24, 2.45) is 0 Å². The van der Waals surface area contributed by atoms with Crippen molar-refractivity contribution in [3.63, 3.8) is 0 Å². The van der Waals surface area contributed by atoms with Gasteiger partial charge in [-0.05, 0) is 44.9 Å². The second kappa shape index (κ2) is 39.0. The Hall–Kier alpha value is -1.73. The van der Waals surface area contributed by atoms with Crippen LogP contribution in [0.15, 0.2) is 36.5 Å². The van der Waals surface area contributed by atoms with Crippen molar-refractivity contribution in [3.05, 3.63) is 36.5 Å². The molecule has 0 aliphatic heterocycles. The van der Waals surface area contributed by atoms with E-state index >= 15 is 0 Å². The minimum absolute atomic E-state index is 0.202. The average molecular weight is 755 g/mol. The molecule has 0 saturated heterocycles. The van der Waals surface area contributed by atoms with Crippen LogP contribution in [0.2, 0.25) is 0 Å². The van der Waals surface area contributed by atoms with Gasteiger partial charge in [0, 0.05) is 12.8 Å². The topological polar surface area (TPSA) is 119 Å². The van der Waals surface area contributed by atoms with Gasteiger partial charge in [-0.1, -0.05) is 185 Å². The van der Waals surface area contributed by atoms with Gasteiger partial charge in [-0.2, -0.15) is 0 Å². The molecule has 0 aliphatic carbocycles. The van der Waals surface area contributed by atoms with E-state index in [2.05, 4.69) is 54.8 Å². The summed E-state index contributed by atoms with van der Waals surface area (Å²) in [4.78, 5) is 42.9. The molecule has 9 heteroatoms. The largest absolute Gasteiger partial charge is 0.469 e. The molecule has 0 radical (unpaired) electrons. The van der Waals surface area contributed by atoms with Crippen LogP contribution in [0.1, 0.15) is 206 Å². The summed E-state index contributed by atoms with van der Waals surface area (Å²) in [6.45, 7) is 3.58. The third-order valence-electron chi connectivity index (χ3n) is 9.17. The van der Waals surface area contributed by atoms with Gasteiger partial charge in [-0.3, -0.25) is 14.1 Å². The Morgan fingerprint density at radius 2 is 0.923 bits per heavy atom. The Labute approximate surface area is 319 Å². The summed E-state index contributed by atoms with van der Waals surface area (Å²) in [6, 6.07) is 0. The lowest BCUT2D eigenvalue weighted by Crippen LogP contribution is -2.29. The van der Waals surface area contributed by atoms with Crippen LogP contribution in [0.25, 0.3) is 0 Å². The molecule has 0 saturated carbocycles. The van der Waals surface area contributed by atoms with Crippen LogP contribution < -0.4 is 0 Å². The number of unbranched alkanes of at least 4 members (excludes halogenated alkanes) is 23. The normalized spacial score (nSPS) is 12.8. The lowest BCUT2D eigenvalue weighted by Gasteiger charge is -2.18. The van der Waals surface area contributed by atoms with Gasteiger partial charge in [0.25, 0.3) is 0 Å². The van der Waals surface area contributed by atoms with Gasteiger partial charge < -0.3 is 19.3 Å². The molecule has 52 heavy (non-hydrogen) atoms. The van der Waals surface area contributed by atoms with E-state index in [1.54, 1.807) is 0 Å². The number of rotatable bonds is 39. The highest BCUT2D eigenvalue weighted by Crippen LogP contribution is 2.36. The fourth-order valence-electron chi connectivity index (χ4n) is 6.04. The Bertz CT molecular complexity index is 941. The number of phosphoric acid groups is 1. The molecule has 0 aromatic rings. The first-order valence-electron chi connectivity index (χ1n) is 21.3. The van der Waals surface area contributed by atoms with Crippen molar-refractivity contribution in [2.75, 3.05) is 13.2 Å². The van der Waals surface area contributed by atoms with Crippen LogP contribution in [-0.4, -0.2) is 41.0 Å². The van der Waals surface area contributed by atoms with E-state index in [4.69, 9.17) is 19.3 Å². The van der Waals surface area contributed by atoms with E-state index in [-0.39, 0.29) is 19.4 Å². The molecule has 0 aromatic carbocycles. The zero-order valence-electron chi connectivity index (χ0n) is 33.5. The quantitative estimate of drug-likeness (QED) is 0.0275. The summed E-state index contributed by atoms with van der Waals surface area (Å²) in [6.07, 6.45) is 45.8. The number of phosphoric ester groups is 1. The Balaban J connectivity index is 3.90. The van der Waals surface area contributed by atoms with Gasteiger partial charge in [0.2, 0.25) is 0 Å². The Kier molecular flexibility index (Phi) is 37.7. The highest BCUT2D eigenvalue weighted by atomic mass is 31.2. The molecule has 1 unspecified atom stereocenters. The fraction of sp³-hybridized carbons (Fsp3) is 0.814. The molecule has 0 spiro atoms. The van der Waals surface area contributed by atoms with E-state index in [1.165, 1.54) is 109 Å². The maximum absolute atomic E-state index is 12.4. The van der Waals surface area contributed by atoms with Gasteiger partial charge in [0.05, 0.1) is 6.61 Å². The second-order valence-electron chi connectivity index (χ2n) is 14.3. The van der Waals surface area contributed by atoms with Crippen LogP contribution in [0.5, 0.6) is 0 Å². The summed E-state index contributed by atoms with van der Waals surface area (Å²) in [5.74, 6) is -0.889. The van der Waals surface area contributed by atoms with Crippen molar-refractivity contribution in [1.82, 2.24) is 0 Å². The molecule has 1 atom stereocenters. The average Bonchev–Trinajstić information content (AvgIpc) is 3.11. The number of carbonyl (C=O) groups excluding carboxylic acids is 2. The van der Waals surface area contributed by atoms with E-state index < -0.39 is 32.5 Å². The summed E-state index contributed by atoms with van der Waals surface area (Å²) < 4.78 is 26.4. The van der Waals surface area contributed by atoms with Crippen molar-refractivity contribution in [2.45, 2.75) is 213 Å². The number of carbonyl (C=O) groups is 2. The first-order chi connectivity index (χ1) is 25.3. The van der Waals surface area contributed by atoms with Gasteiger partial charge in [0.1, 0.15) is 6.61 Å². The molecule has 2 N–H and O–H groups in total. The van der Waals surface area contributed by atoms with Gasteiger partial charge >= 0.3 is 19.8 Å². The van der Waals surface area contributed by atoms with E-state index in [9.17, 15) is 14.2 Å². The zero-order valence-corrected chi connectivity index (χ0v) is 34.4. The Morgan fingerprint density at radius 1 is 0.519 bits per heavy atom. The molecular formula is C43H79O8P. The summed E-state index contributed by atoms with van der Waals surface area (Å²) in [7, 11) is -4.75. The van der Waals surface area contributed by atoms with Crippen LogP contribution in [0, 0.1) is 0 Å². The van der Waals surface area contributed by atoms with Crippen molar-refractivity contribution in [3.8, 4) is 0 Å². The Morgan fingerprint density at radius 3 is 1.38 bits per heavy atom. The minimum atomic E-state index is -4.75. The first-order valence-corrected chi connectivity index (χ1v) is 22.8. The van der Waals surface area contributed by atoms with Crippen molar-refractivity contribution in [1.29, 1.82) is 0 Å². The molecule has 0 fully saturated rings. The summed E-state index contributed by atoms with van der Waals surface area (Å²) in [5.41, 5.74) is 0. The van der Waals surface area contributed by atoms with Crippen LogP contribution in [-0.2, 0) is 28.2 Å². The number of hydrogen-bond donors (Lipinski definition) is 2. The minimum Gasteiger partial charge on any atom is -0.462 e. The molecular weight excluding hydrogens is 675 g/mol. The first kappa shape index (κ1) is 50.3. The number of esters is 2. The molecule has 8 nitrogen and oxygen atoms in total. The molecule has 304 valence electrons. The third-order valence-corrected chi connectivity index (χ3v) is 9.66. The van der Waals surface area contributed by atoms with E-state index in [1.807, 2.05) is 0 Å². The summed E-state index contributed by atoms with van der Waals surface area (Å²) in [5, 5.41) is 0. The second-order valence-corrected chi connectivity index (χ2v) is 15.5. The molecule has 0 aliphatic rings. The van der Waals surface area contributed by atoms with Crippen LogP contribution >= 0.6 is 7.82 Å². The zero-order chi connectivity index (χ0) is 38.2. The smallest absolute Gasteiger partial charge is 0.462 e. The van der Waals surface area contributed by atoms with E-state index in [0.29, 0.717) is 6.42 Å². The number of ether oxygens (including phenoxy) is 2. The highest BCUT2D eigenvalue weighted by Gasteiger charge is 2.22. The SMILES string of the molecule is CC/C=C\C/C=C\C/C=C\CCCCCCCCCC(=O)OC(COC(=O)CCCCCCCCCCCCCCCCCCC)COP(=O)(O)O. The van der Waals surface area contributed by atoms with Gasteiger partial charge in [0.15, 0.2) is 6.10 Å². The monoisotopic (exact) mass is 755 g/mol. The fourth-order valence-corrected chi connectivity index (χ4v) is 6.40. The maximum Gasteiger partial charge on any atom is 0.469 e. The maximum atomic E-state index is 12.4. The lowest BCUT2D eigenvalue weighted by atomic mass is 10.0.